The topological polar surface area (TPSA) is 76.1 Å². The number of hydrogen-bond acceptors (Lipinski definition) is 5. The number of ether oxygens (including phenoxy) is 2. The van der Waals surface area contributed by atoms with Crippen molar-refractivity contribution in [2.75, 3.05) is 6.61 Å². The van der Waals surface area contributed by atoms with Gasteiger partial charge in [0.2, 0.25) is 0 Å². The average molecular weight is 349 g/mol. The van der Waals surface area contributed by atoms with Crippen LogP contribution >= 0.6 is 0 Å². The predicted molar refractivity (Wildman–Crippen MR) is 93.3 cm³/mol. The maximum atomic E-state index is 12.6. The lowest BCUT2D eigenvalue weighted by atomic mass is 10.00. The Morgan fingerprint density at radius 2 is 1.92 bits per heavy atom. The van der Waals surface area contributed by atoms with Gasteiger partial charge in [-0.1, -0.05) is 30.3 Å². The molecule has 1 amide bonds. The van der Waals surface area contributed by atoms with Gasteiger partial charge < -0.3 is 14.6 Å². The number of carbonyl (C=O) groups excluding carboxylic acids is 2. The van der Waals surface area contributed by atoms with Crippen molar-refractivity contribution in [2.45, 2.75) is 64.5 Å². The monoisotopic (exact) mass is 349 g/mol. The van der Waals surface area contributed by atoms with Gasteiger partial charge in [-0.25, -0.2) is 4.79 Å². The lowest BCUT2D eigenvalue weighted by molar-refractivity contribution is -0.0678. The zero-order valence-corrected chi connectivity index (χ0v) is 15.5. The second kappa shape index (κ2) is 7.14. The Balaban J connectivity index is 2.13. The number of aliphatic hydroxyl groups excluding tert-OH is 1. The van der Waals surface area contributed by atoms with E-state index in [-0.39, 0.29) is 18.8 Å². The van der Waals surface area contributed by atoms with Gasteiger partial charge in [-0.15, -0.1) is 0 Å². The fourth-order valence-electron chi connectivity index (χ4n) is 2.85. The fraction of sp³-hybridized carbons (Fsp3) is 0.579. The van der Waals surface area contributed by atoms with E-state index in [0.29, 0.717) is 5.56 Å². The number of hydrogen-bond donors (Lipinski definition) is 1. The molecule has 1 fully saturated rings. The Morgan fingerprint density at radius 1 is 1.32 bits per heavy atom. The maximum Gasteiger partial charge on any atom is 0.412 e. The van der Waals surface area contributed by atoms with Crippen molar-refractivity contribution in [3.05, 3.63) is 35.9 Å². The Bertz CT molecular complexity index is 620. The normalized spacial score (nSPS) is 21.0. The van der Waals surface area contributed by atoms with E-state index >= 15 is 0 Å². The molecule has 6 heteroatoms. The zero-order chi connectivity index (χ0) is 18.8. The highest BCUT2D eigenvalue weighted by Crippen LogP contribution is 2.31. The van der Waals surface area contributed by atoms with Gasteiger partial charge in [0.15, 0.2) is 5.78 Å². The molecule has 25 heavy (non-hydrogen) atoms. The van der Waals surface area contributed by atoms with E-state index in [1.807, 2.05) is 6.07 Å². The highest BCUT2D eigenvalue weighted by atomic mass is 16.6. The molecular weight excluding hydrogens is 322 g/mol. The zero-order valence-electron chi connectivity index (χ0n) is 15.5. The fourth-order valence-corrected chi connectivity index (χ4v) is 2.85. The highest BCUT2D eigenvalue weighted by molar-refractivity contribution is 5.96. The minimum Gasteiger partial charge on any atom is -0.444 e. The van der Waals surface area contributed by atoms with Crippen molar-refractivity contribution in [2.24, 2.45) is 0 Å². The van der Waals surface area contributed by atoms with Crippen molar-refractivity contribution >= 4 is 11.9 Å². The number of Topliss-reactive ketones (excluding diaryl/α,β-unsaturated/α-hetero) is 1. The second-order valence-corrected chi connectivity index (χ2v) is 7.74. The van der Waals surface area contributed by atoms with Gasteiger partial charge in [0, 0.05) is 12.0 Å². The van der Waals surface area contributed by atoms with Crippen molar-refractivity contribution in [1.29, 1.82) is 0 Å². The Hall–Kier alpha value is -1.92. The quantitative estimate of drug-likeness (QED) is 0.846. The standard InChI is InChI=1S/C19H27NO5/c1-18(2,3)25-17(23)20-14(12-24-19(20,4)5)16(22)11-15(21)13-9-7-6-8-10-13/h6-10,14,16,22H,11-12H2,1-5H3/t14-,16+/m1/s1. The molecule has 2 rings (SSSR count). The van der Waals surface area contributed by atoms with Crippen LogP contribution in [0.3, 0.4) is 0 Å². The summed E-state index contributed by atoms with van der Waals surface area (Å²) in [4.78, 5) is 26.3. The van der Waals surface area contributed by atoms with Gasteiger partial charge in [0.05, 0.1) is 18.8 Å². The van der Waals surface area contributed by atoms with Crippen LogP contribution in [0.4, 0.5) is 4.79 Å². The number of aliphatic hydroxyl groups is 1. The molecule has 1 N–H and O–H groups in total. The van der Waals surface area contributed by atoms with Crippen LogP contribution in [0.5, 0.6) is 0 Å². The number of amides is 1. The number of rotatable bonds is 4. The van der Waals surface area contributed by atoms with E-state index in [9.17, 15) is 14.7 Å². The summed E-state index contributed by atoms with van der Waals surface area (Å²) >= 11 is 0. The molecular formula is C19H27NO5. The third-order valence-corrected chi connectivity index (χ3v) is 4.04. The molecule has 0 unspecified atom stereocenters. The third-order valence-electron chi connectivity index (χ3n) is 4.04. The second-order valence-electron chi connectivity index (χ2n) is 7.74. The van der Waals surface area contributed by atoms with Crippen molar-refractivity contribution in [1.82, 2.24) is 4.90 Å². The predicted octanol–water partition coefficient (Wildman–Crippen LogP) is 2.99. The van der Waals surface area contributed by atoms with E-state index in [4.69, 9.17) is 9.47 Å². The summed E-state index contributed by atoms with van der Waals surface area (Å²) in [6.07, 6.45) is -1.69. The molecule has 0 bridgehead atoms. The van der Waals surface area contributed by atoms with E-state index in [2.05, 4.69) is 0 Å². The smallest absolute Gasteiger partial charge is 0.412 e. The molecule has 0 aliphatic carbocycles. The van der Waals surface area contributed by atoms with Gasteiger partial charge in [-0.05, 0) is 34.6 Å². The van der Waals surface area contributed by atoms with E-state index in [1.165, 1.54) is 4.90 Å². The third kappa shape index (κ3) is 4.80. The molecule has 1 heterocycles. The van der Waals surface area contributed by atoms with E-state index in [0.717, 1.165) is 0 Å². The highest BCUT2D eigenvalue weighted by Gasteiger charge is 2.48. The Labute approximate surface area is 148 Å². The van der Waals surface area contributed by atoms with Crippen LogP contribution in [0.1, 0.15) is 51.4 Å². The van der Waals surface area contributed by atoms with Gasteiger partial charge in [-0.3, -0.25) is 9.69 Å². The molecule has 0 saturated carbocycles. The van der Waals surface area contributed by atoms with Gasteiger partial charge in [-0.2, -0.15) is 0 Å². The largest absolute Gasteiger partial charge is 0.444 e. The Morgan fingerprint density at radius 3 is 2.48 bits per heavy atom. The average Bonchev–Trinajstić information content (AvgIpc) is 2.82. The van der Waals surface area contributed by atoms with Crippen molar-refractivity contribution in [3.63, 3.8) is 0 Å². The summed E-state index contributed by atoms with van der Waals surface area (Å²) in [7, 11) is 0. The number of carbonyl (C=O) groups is 2. The molecule has 138 valence electrons. The van der Waals surface area contributed by atoms with Crippen LogP contribution in [0, 0.1) is 0 Å². The molecule has 1 aromatic rings. The van der Waals surface area contributed by atoms with Gasteiger partial charge in [0.25, 0.3) is 0 Å². The summed E-state index contributed by atoms with van der Waals surface area (Å²) in [6, 6.07) is 8.14. The minimum atomic E-state index is -1.04. The molecule has 0 aromatic heterocycles. The maximum absolute atomic E-state index is 12.6. The van der Waals surface area contributed by atoms with Crippen LogP contribution in [0.25, 0.3) is 0 Å². The van der Waals surface area contributed by atoms with Crippen LogP contribution in [0.2, 0.25) is 0 Å². The number of benzene rings is 1. The molecule has 1 aromatic carbocycles. The molecule has 0 spiro atoms. The lowest BCUT2D eigenvalue weighted by Gasteiger charge is -2.36. The number of ketones is 1. The summed E-state index contributed by atoms with van der Waals surface area (Å²) in [5.41, 5.74) is -1.04. The first-order valence-corrected chi connectivity index (χ1v) is 8.44. The Kier molecular flexibility index (Phi) is 5.54. The summed E-state index contributed by atoms with van der Waals surface area (Å²) in [5.74, 6) is -0.179. The number of nitrogens with zero attached hydrogens (tertiary/aromatic N) is 1. The molecule has 0 radical (unpaired) electrons. The lowest BCUT2D eigenvalue weighted by Crippen LogP contribution is -2.53. The summed E-state index contributed by atoms with van der Waals surface area (Å²) < 4.78 is 11.1. The van der Waals surface area contributed by atoms with Crippen LogP contribution in [0.15, 0.2) is 30.3 Å². The molecule has 6 nitrogen and oxygen atoms in total. The van der Waals surface area contributed by atoms with Crippen LogP contribution in [-0.2, 0) is 9.47 Å². The molecule has 1 aliphatic rings. The SMILES string of the molecule is CC(C)(C)OC(=O)N1[C@@H]([C@@H](O)CC(=O)c2ccccc2)COC1(C)C. The first-order chi connectivity index (χ1) is 11.5. The van der Waals surface area contributed by atoms with Crippen molar-refractivity contribution < 1.29 is 24.2 Å². The van der Waals surface area contributed by atoms with Gasteiger partial charge >= 0.3 is 6.09 Å². The molecule has 2 atom stereocenters. The summed E-state index contributed by atoms with van der Waals surface area (Å²) in [5, 5.41) is 10.6. The van der Waals surface area contributed by atoms with E-state index in [1.54, 1.807) is 58.9 Å². The first kappa shape index (κ1) is 19.4. The first-order valence-electron chi connectivity index (χ1n) is 8.44. The minimum absolute atomic E-state index is 0.0899. The summed E-state index contributed by atoms with van der Waals surface area (Å²) in [6.45, 7) is 8.96. The van der Waals surface area contributed by atoms with Crippen molar-refractivity contribution in [3.8, 4) is 0 Å². The van der Waals surface area contributed by atoms with Gasteiger partial charge in [0.1, 0.15) is 11.3 Å². The van der Waals surface area contributed by atoms with Crippen LogP contribution in [-0.4, -0.2) is 52.0 Å². The van der Waals surface area contributed by atoms with E-state index < -0.39 is 29.6 Å². The molecule has 1 saturated heterocycles. The molecule has 1 aliphatic heterocycles. The van der Waals surface area contributed by atoms with Crippen LogP contribution < -0.4 is 0 Å².